The Bertz CT molecular complexity index is 1580. The lowest BCUT2D eigenvalue weighted by molar-refractivity contribution is -0.384. The number of halogens is 2. The van der Waals surface area contributed by atoms with Gasteiger partial charge in [-0.3, -0.25) is 14.9 Å². The number of carbonyl (C=O) groups is 1. The van der Waals surface area contributed by atoms with Crippen LogP contribution in [0, 0.1) is 15.9 Å². The minimum atomic E-state index is -0.542. The van der Waals surface area contributed by atoms with Crippen LogP contribution in [-0.4, -0.2) is 40.1 Å². The van der Waals surface area contributed by atoms with Crippen LogP contribution in [0.5, 0.6) is 5.75 Å². The van der Waals surface area contributed by atoms with Crippen molar-refractivity contribution in [1.29, 1.82) is 0 Å². The van der Waals surface area contributed by atoms with Crippen LogP contribution in [-0.2, 0) is 9.53 Å². The number of benzene rings is 3. The highest BCUT2D eigenvalue weighted by Crippen LogP contribution is 2.35. The molecule has 0 radical (unpaired) electrons. The number of nitrogens with one attached hydrogen (secondary N) is 2. The van der Waals surface area contributed by atoms with Crippen molar-refractivity contribution in [3.05, 3.63) is 93.5 Å². The van der Waals surface area contributed by atoms with E-state index in [2.05, 4.69) is 20.6 Å². The van der Waals surface area contributed by atoms with Crippen LogP contribution >= 0.6 is 11.6 Å². The first-order chi connectivity index (χ1) is 18.9. The van der Waals surface area contributed by atoms with Gasteiger partial charge >= 0.3 is 0 Å². The number of anilines is 3. The predicted molar refractivity (Wildman–Crippen MR) is 145 cm³/mol. The second-order valence-corrected chi connectivity index (χ2v) is 9.02. The zero-order chi connectivity index (χ0) is 27.4. The van der Waals surface area contributed by atoms with E-state index < -0.39 is 16.6 Å². The van der Waals surface area contributed by atoms with Crippen molar-refractivity contribution in [2.45, 2.75) is 12.5 Å². The third-order valence-corrected chi connectivity index (χ3v) is 6.18. The fraction of sp³-hybridized carbons (Fsp3) is 0.148. The lowest BCUT2D eigenvalue weighted by Gasteiger charge is -2.17. The fourth-order valence-electron chi connectivity index (χ4n) is 3.93. The summed E-state index contributed by atoms with van der Waals surface area (Å²) in [6.45, 7) is 1.00. The molecule has 0 spiro atoms. The van der Waals surface area contributed by atoms with Gasteiger partial charge < -0.3 is 20.1 Å². The molecule has 10 nitrogen and oxygen atoms in total. The van der Waals surface area contributed by atoms with Crippen molar-refractivity contribution in [1.82, 2.24) is 9.97 Å². The minimum absolute atomic E-state index is 0.0411. The highest BCUT2D eigenvalue weighted by atomic mass is 35.5. The zero-order valence-electron chi connectivity index (χ0n) is 20.3. The molecular weight excluding hydrogens is 529 g/mol. The highest BCUT2D eigenvalue weighted by Gasteiger charge is 2.21. The van der Waals surface area contributed by atoms with Gasteiger partial charge in [0.25, 0.3) is 5.69 Å². The summed E-state index contributed by atoms with van der Waals surface area (Å²) in [5.41, 5.74) is 2.02. The Balaban J connectivity index is 1.44. The number of hydrogen-bond donors (Lipinski definition) is 2. The van der Waals surface area contributed by atoms with Crippen molar-refractivity contribution < 1.29 is 23.6 Å². The monoisotopic (exact) mass is 549 g/mol. The van der Waals surface area contributed by atoms with Crippen molar-refractivity contribution >= 4 is 57.4 Å². The fourth-order valence-corrected chi connectivity index (χ4v) is 4.11. The molecule has 1 fully saturated rings. The average molecular weight is 550 g/mol. The zero-order valence-corrected chi connectivity index (χ0v) is 21.0. The van der Waals surface area contributed by atoms with Crippen LogP contribution in [0.2, 0.25) is 5.02 Å². The second kappa shape index (κ2) is 11.4. The summed E-state index contributed by atoms with van der Waals surface area (Å²) in [5, 5.41) is 17.3. The number of non-ortho nitro benzene ring substituents is 1. The Labute approximate surface area is 226 Å². The number of amides is 1. The molecule has 1 aliphatic rings. The molecule has 39 heavy (non-hydrogen) atoms. The van der Waals surface area contributed by atoms with E-state index >= 15 is 0 Å². The molecule has 4 aromatic rings. The Kier molecular flexibility index (Phi) is 7.62. The standard InChI is InChI=1S/C27H21ClFN5O5/c28-21-11-17(4-7-22(21)29)32-27-20-12-24(25(13-23(20)30-15-31-27)39-19-9-10-38-14-19)33-26(35)8-3-16-1-5-18(6-2-16)34(36)37/h1-8,11-13,15,19H,9-10,14H2,(H,33,35)(H,30,31,32)/b8-3+/t19-/m0/s1. The van der Waals surface area contributed by atoms with Crippen LogP contribution in [0.15, 0.2) is 67.0 Å². The summed E-state index contributed by atoms with van der Waals surface area (Å²) in [4.78, 5) is 31.9. The van der Waals surface area contributed by atoms with Gasteiger partial charge in [-0.25, -0.2) is 14.4 Å². The summed E-state index contributed by atoms with van der Waals surface area (Å²) in [6, 6.07) is 13.4. The summed E-state index contributed by atoms with van der Waals surface area (Å²) in [7, 11) is 0. The van der Waals surface area contributed by atoms with Gasteiger partial charge in [-0.15, -0.1) is 0 Å². The first-order valence-electron chi connectivity index (χ1n) is 11.8. The number of rotatable bonds is 8. The molecule has 1 saturated heterocycles. The lowest BCUT2D eigenvalue weighted by atomic mass is 10.1. The Hall–Kier alpha value is -4.61. The van der Waals surface area contributed by atoms with Gasteiger partial charge in [0, 0.05) is 41.8 Å². The Morgan fingerprint density at radius 1 is 1.18 bits per heavy atom. The lowest BCUT2D eigenvalue weighted by Crippen LogP contribution is -2.18. The topological polar surface area (TPSA) is 129 Å². The van der Waals surface area contributed by atoms with E-state index in [4.69, 9.17) is 21.1 Å². The first-order valence-corrected chi connectivity index (χ1v) is 12.2. The maximum Gasteiger partial charge on any atom is 0.269 e. The van der Waals surface area contributed by atoms with E-state index in [0.29, 0.717) is 59.0 Å². The summed E-state index contributed by atoms with van der Waals surface area (Å²) < 4.78 is 25.2. The molecule has 2 N–H and O–H groups in total. The number of hydrogen-bond acceptors (Lipinski definition) is 8. The third kappa shape index (κ3) is 6.28. The van der Waals surface area contributed by atoms with Gasteiger partial charge in [-0.05, 0) is 48.0 Å². The normalized spacial score (nSPS) is 15.0. The van der Waals surface area contributed by atoms with Gasteiger partial charge in [0.05, 0.1) is 34.4 Å². The Morgan fingerprint density at radius 2 is 2.00 bits per heavy atom. The van der Waals surface area contributed by atoms with Crippen molar-refractivity contribution in [3.8, 4) is 5.75 Å². The highest BCUT2D eigenvalue weighted by molar-refractivity contribution is 6.31. The minimum Gasteiger partial charge on any atom is -0.486 e. The predicted octanol–water partition coefficient (Wildman–Crippen LogP) is 5.89. The van der Waals surface area contributed by atoms with E-state index in [1.54, 1.807) is 30.3 Å². The number of nitro benzene ring substituents is 1. The quantitative estimate of drug-likeness (QED) is 0.158. The molecule has 2 heterocycles. The van der Waals surface area contributed by atoms with E-state index in [1.165, 1.54) is 42.7 Å². The van der Waals surface area contributed by atoms with Gasteiger partial charge in [0.15, 0.2) is 0 Å². The molecule has 0 bridgehead atoms. The first kappa shape index (κ1) is 26.0. The molecule has 5 rings (SSSR count). The molecule has 0 aliphatic carbocycles. The molecule has 12 heteroatoms. The maximum atomic E-state index is 13.6. The molecule has 1 atom stereocenters. The van der Waals surface area contributed by atoms with Crippen LogP contribution < -0.4 is 15.4 Å². The number of aromatic nitrogens is 2. The molecule has 0 saturated carbocycles. The molecule has 198 valence electrons. The molecule has 1 amide bonds. The van der Waals surface area contributed by atoms with E-state index in [1.807, 2.05) is 0 Å². The number of nitro groups is 1. The van der Waals surface area contributed by atoms with Crippen molar-refractivity contribution in [2.24, 2.45) is 0 Å². The van der Waals surface area contributed by atoms with E-state index in [-0.39, 0.29) is 16.8 Å². The smallest absolute Gasteiger partial charge is 0.269 e. The number of nitrogens with zero attached hydrogens (tertiary/aromatic N) is 3. The molecular formula is C27H21ClFN5O5. The maximum absolute atomic E-state index is 13.6. The molecule has 0 unspecified atom stereocenters. The van der Waals surface area contributed by atoms with Crippen LogP contribution in [0.25, 0.3) is 17.0 Å². The van der Waals surface area contributed by atoms with Crippen molar-refractivity contribution in [3.63, 3.8) is 0 Å². The average Bonchev–Trinajstić information content (AvgIpc) is 3.44. The second-order valence-electron chi connectivity index (χ2n) is 8.62. The summed E-state index contributed by atoms with van der Waals surface area (Å²) in [6.07, 6.45) is 4.75. The van der Waals surface area contributed by atoms with Crippen LogP contribution in [0.3, 0.4) is 0 Å². The SMILES string of the molecule is O=C(/C=C/c1ccc([N+](=O)[O-])cc1)Nc1cc2c(Nc3ccc(F)c(Cl)c3)ncnc2cc1O[C@H]1CCOC1. The third-order valence-electron chi connectivity index (χ3n) is 5.89. The van der Waals surface area contributed by atoms with Gasteiger partial charge in [-0.2, -0.15) is 0 Å². The molecule has 1 aromatic heterocycles. The number of ether oxygens (including phenoxy) is 2. The van der Waals surface area contributed by atoms with E-state index in [9.17, 15) is 19.3 Å². The largest absolute Gasteiger partial charge is 0.486 e. The van der Waals surface area contributed by atoms with Crippen LogP contribution in [0.4, 0.5) is 27.3 Å². The number of carbonyl (C=O) groups excluding carboxylic acids is 1. The van der Waals surface area contributed by atoms with Gasteiger partial charge in [-0.1, -0.05) is 11.6 Å². The van der Waals surface area contributed by atoms with Crippen molar-refractivity contribution in [2.75, 3.05) is 23.8 Å². The molecule has 1 aliphatic heterocycles. The summed E-state index contributed by atoms with van der Waals surface area (Å²) >= 11 is 5.92. The van der Waals surface area contributed by atoms with Gasteiger partial charge in [0.1, 0.15) is 29.8 Å². The number of fused-ring (bicyclic) bond motifs is 1. The van der Waals surface area contributed by atoms with Crippen LogP contribution in [0.1, 0.15) is 12.0 Å². The van der Waals surface area contributed by atoms with E-state index in [0.717, 1.165) is 0 Å². The van der Waals surface area contributed by atoms with Gasteiger partial charge in [0.2, 0.25) is 5.91 Å². The summed E-state index contributed by atoms with van der Waals surface area (Å²) in [5.74, 6) is -0.170. The Morgan fingerprint density at radius 3 is 2.72 bits per heavy atom. The molecule has 3 aromatic carbocycles.